The predicted octanol–water partition coefficient (Wildman–Crippen LogP) is 4.91. The first kappa shape index (κ1) is 23.0. The average Bonchev–Trinajstić information content (AvgIpc) is 2.89. The van der Waals surface area contributed by atoms with Crippen molar-refractivity contribution in [1.82, 2.24) is 10.3 Å². The Bertz CT molecular complexity index is 1150. The fourth-order valence-corrected chi connectivity index (χ4v) is 4.74. The number of benzene rings is 1. The van der Waals surface area contributed by atoms with Crippen molar-refractivity contribution in [2.75, 3.05) is 18.1 Å². The van der Waals surface area contributed by atoms with Crippen LogP contribution in [0.2, 0.25) is 0 Å². The third kappa shape index (κ3) is 5.31. The van der Waals surface area contributed by atoms with Gasteiger partial charge in [-0.3, -0.25) is 14.7 Å². The van der Waals surface area contributed by atoms with E-state index >= 15 is 0 Å². The summed E-state index contributed by atoms with van der Waals surface area (Å²) < 4.78 is 11.9. The van der Waals surface area contributed by atoms with Crippen LogP contribution in [0, 0.1) is 5.92 Å². The highest BCUT2D eigenvalue weighted by Crippen LogP contribution is 2.36. The molecule has 35 heavy (non-hydrogen) atoms. The fraction of sp³-hybridized carbons (Fsp3) is 0.370. The lowest BCUT2D eigenvalue weighted by Gasteiger charge is -2.30. The number of carboxylic acid groups (broad SMARTS) is 1. The van der Waals surface area contributed by atoms with Gasteiger partial charge in [0.15, 0.2) is 0 Å². The molecule has 0 atom stereocenters. The molecule has 0 bridgehead atoms. The number of carbonyl (C=O) groups is 2. The summed E-state index contributed by atoms with van der Waals surface area (Å²) in [6, 6.07) is 9.38. The van der Waals surface area contributed by atoms with Crippen LogP contribution in [0.15, 0.2) is 60.5 Å². The Morgan fingerprint density at radius 3 is 2.71 bits per heavy atom. The molecule has 0 radical (unpaired) electrons. The van der Waals surface area contributed by atoms with Gasteiger partial charge in [0.05, 0.1) is 36.1 Å². The summed E-state index contributed by atoms with van der Waals surface area (Å²) >= 11 is 0. The molecule has 3 aliphatic rings. The molecule has 1 aliphatic heterocycles. The van der Waals surface area contributed by atoms with Crippen molar-refractivity contribution in [3.05, 3.63) is 60.5 Å². The number of carboxylic acids is 1. The second-order valence-corrected chi connectivity index (χ2v) is 9.08. The maximum absolute atomic E-state index is 12.9. The average molecular weight is 476 g/mol. The van der Waals surface area contributed by atoms with E-state index < -0.39 is 5.97 Å². The molecule has 2 aromatic rings. The molecule has 0 saturated heterocycles. The second-order valence-electron chi connectivity index (χ2n) is 9.08. The van der Waals surface area contributed by atoms with Crippen LogP contribution in [0.4, 0.5) is 10.5 Å². The van der Waals surface area contributed by atoms with Gasteiger partial charge in [-0.2, -0.15) is 0 Å². The largest absolute Gasteiger partial charge is 0.490 e. The first-order valence-electron chi connectivity index (χ1n) is 12.1. The molecule has 5 rings (SSSR count). The number of urea groups is 1. The van der Waals surface area contributed by atoms with Crippen LogP contribution in [0.1, 0.15) is 38.5 Å². The topological polar surface area (TPSA) is 101 Å². The first-order chi connectivity index (χ1) is 17.1. The fourth-order valence-electron chi connectivity index (χ4n) is 4.74. The van der Waals surface area contributed by atoms with E-state index in [0.717, 1.165) is 48.3 Å². The van der Waals surface area contributed by atoms with Gasteiger partial charge in [-0.05, 0) is 68.9 Å². The third-order valence-electron chi connectivity index (χ3n) is 6.71. The van der Waals surface area contributed by atoms with Crippen molar-refractivity contribution in [3.8, 4) is 22.8 Å². The molecule has 0 spiro atoms. The van der Waals surface area contributed by atoms with Crippen molar-refractivity contribution in [1.29, 1.82) is 0 Å². The van der Waals surface area contributed by atoms with E-state index in [-0.39, 0.29) is 18.1 Å². The van der Waals surface area contributed by atoms with Crippen LogP contribution in [0.25, 0.3) is 11.3 Å². The molecule has 1 aromatic carbocycles. The molecule has 2 amide bonds. The van der Waals surface area contributed by atoms with Crippen molar-refractivity contribution in [2.45, 2.75) is 44.6 Å². The Hall–Kier alpha value is -3.81. The van der Waals surface area contributed by atoms with Crippen molar-refractivity contribution in [2.24, 2.45) is 5.92 Å². The number of hydrogen-bond donors (Lipinski definition) is 2. The number of hydrogen-bond acceptors (Lipinski definition) is 5. The zero-order valence-electron chi connectivity index (χ0n) is 19.5. The summed E-state index contributed by atoms with van der Waals surface area (Å²) in [5, 5.41) is 12.2. The minimum atomic E-state index is -0.716. The molecule has 2 N–H and O–H groups in total. The summed E-state index contributed by atoms with van der Waals surface area (Å²) in [4.78, 5) is 30.3. The molecule has 1 aromatic heterocycles. The van der Waals surface area contributed by atoms with Crippen molar-refractivity contribution >= 4 is 17.7 Å². The number of carbonyl (C=O) groups excluding carboxylic acids is 1. The van der Waals surface area contributed by atoms with Crippen LogP contribution in [-0.4, -0.2) is 41.3 Å². The number of rotatable bonds is 5. The number of nitrogens with one attached hydrogen (secondary N) is 1. The molecule has 0 unspecified atom stereocenters. The minimum Gasteiger partial charge on any atom is -0.490 e. The van der Waals surface area contributed by atoms with Gasteiger partial charge in [0.25, 0.3) is 0 Å². The standard InChI is InChI=1S/C27H29N3O5/c31-26(32)18-6-9-21(10-7-18)35-22-11-12-23(28-17-22)19-8-13-24-25(16-19)34-15-14-30(24)27(33)29-20-4-2-1-3-5-20/h1-2,4,8,11-13,16-18,21H,3,5-7,9-10,14-15H2,(H,29,33)(H,31,32). The lowest BCUT2D eigenvalue weighted by atomic mass is 9.87. The maximum Gasteiger partial charge on any atom is 0.326 e. The predicted molar refractivity (Wildman–Crippen MR) is 132 cm³/mol. The Labute approximate surface area is 204 Å². The Morgan fingerprint density at radius 1 is 1.14 bits per heavy atom. The number of aromatic nitrogens is 1. The number of aliphatic carboxylic acids is 1. The Kier molecular flexibility index (Phi) is 6.70. The van der Waals surface area contributed by atoms with Crippen LogP contribution >= 0.6 is 0 Å². The van der Waals surface area contributed by atoms with Crippen molar-refractivity contribution < 1.29 is 24.2 Å². The molecule has 2 aliphatic carbocycles. The number of anilines is 1. The summed E-state index contributed by atoms with van der Waals surface area (Å²) in [5.74, 6) is 0.353. The first-order valence-corrected chi connectivity index (χ1v) is 12.1. The number of allylic oxidation sites excluding steroid dienone is 4. The van der Waals surface area contributed by atoms with Crippen LogP contribution in [-0.2, 0) is 4.79 Å². The van der Waals surface area contributed by atoms with Gasteiger partial charge >= 0.3 is 12.0 Å². The van der Waals surface area contributed by atoms with Gasteiger partial charge in [0.2, 0.25) is 0 Å². The molecule has 8 heteroatoms. The number of pyridine rings is 1. The molecule has 182 valence electrons. The zero-order chi connectivity index (χ0) is 24.2. The molecule has 2 heterocycles. The van der Waals surface area contributed by atoms with Crippen LogP contribution in [0.5, 0.6) is 11.5 Å². The molecular weight excluding hydrogens is 446 g/mol. The number of fused-ring (bicyclic) bond motifs is 1. The van der Waals surface area contributed by atoms with Gasteiger partial charge in [0, 0.05) is 11.3 Å². The monoisotopic (exact) mass is 475 g/mol. The van der Waals surface area contributed by atoms with E-state index in [1.54, 1.807) is 11.1 Å². The Morgan fingerprint density at radius 2 is 2.00 bits per heavy atom. The lowest BCUT2D eigenvalue weighted by molar-refractivity contribution is -0.143. The van der Waals surface area contributed by atoms with Gasteiger partial charge in [-0.25, -0.2) is 4.79 Å². The summed E-state index contributed by atoms with van der Waals surface area (Å²) in [6.45, 7) is 0.910. The van der Waals surface area contributed by atoms with Crippen molar-refractivity contribution in [3.63, 3.8) is 0 Å². The zero-order valence-corrected chi connectivity index (χ0v) is 19.5. The van der Waals surface area contributed by atoms with E-state index in [9.17, 15) is 9.59 Å². The highest BCUT2D eigenvalue weighted by molar-refractivity contribution is 5.95. The number of nitrogens with zero attached hydrogens (tertiary/aromatic N) is 2. The van der Waals surface area contributed by atoms with E-state index in [1.165, 1.54) is 0 Å². The smallest absolute Gasteiger partial charge is 0.326 e. The van der Waals surface area contributed by atoms with E-state index in [0.29, 0.717) is 37.5 Å². The molecule has 8 nitrogen and oxygen atoms in total. The number of amides is 2. The highest BCUT2D eigenvalue weighted by atomic mass is 16.5. The normalized spacial score (nSPS) is 21.4. The molecule has 1 saturated carbocycles. The van der Waals surface area contributed by atoms with Gasteiger partial charge < -0.3 is 19.9 Å². The third-order valence-corrected chi connectivity index (χ3v) is 6.71. The van der Waals surface area contributed by atoms with Crippen LogP contribution < -0.4 is 19.7 Å². The Balaban J connectivity index is 1.24. The summed E-state index contributed by atoms with van der Waals surface area (Å²) in [7, 11) is 0. The van der Waals surface area contributed by atoms with Gasteiger partial charge in [-0.15, -0.1) is 0 Å². The summed E-state index contributed by atoms with van der Waals surface area (Å²) in [5.41, 5.74) is 3.32. The quantitative estimate of drug-likeness (QED) is 0.637. The SMILES string of the molecule is O=C(O)C1CCC(Oc2ccc(-c3ccc4c(c3)OCCN4C(=O)NC3=CC=CCC3)nc2)CC1. The second kappa shape index (κ2) is 10.2. The van der Waals surface area contributed by atoms with E-state index in [1.807, 2.05) is 42.5 Å². The van der Waals surface area contributed by atoms with Gasteiger partial charge in [0.1, 0.15) is 18.1 Å². The number of ether oxygens (including phenoxy) is 2. The van der Waals surface area contributed by atoms with Gasteiger partial charge in [-0.1, -0.05) is 18.2 Å². The maximum atomic E-state index is 12.9. The van der Waals surface area contributed by atoms with E-state index in [2.05, 4.69) is 16.4 Å². The lowest BCUT2D eigenvalue weighted by Crippen LogP contribution is -2.44. The highest BCUT2D eigenvalue weighted by Gasteiger charge is 2.27. The van der Waals surface area contributed by atoms with E-state index in [4.69, 9.17) is 14.6 Å². The minimum absolute atomic E-state index is 0.0212. The molecular formula is C27H29N3O5. The summed E-state index contributed by atoms with van der Waals surface area (Å²) in [6.07, 6.45) is 12.2. The molecule has 1 fully saturated rings. The van der Waals surface area contributed by atoms with Crippen LogP contribution in [0.3, 0.4) is 0 Å².